The number of hydrogen-bond acceptors (Lipinski definition) is 2. The molecule has 1 nitrogen and oxygen atoms in total. The molecule has 1 aliphatic carbocycles. The second-order valence-electron chi connectivity index (χ2n) is 3.72. The summed E-state index contributed by atoms with van der Waals surface area (Å²) in [5.74, 6) is 0.923. The molecule has 0 saturated heterocycles. The van der Waals surface area contributed by atoms with E-state index < -0.39 is 0 Å². The molecule has 72 valence electrons. The van der Waals surface area contributed by atoms with Gasteiger partial charge in [-0.2, -0.15) is 0 Å². The molecule has 0 radical (unpaired) electrons. The summed E-state index contributed by atoms with van der Waals surface area (Å²) < 4.78 is 1.26. The molecule has 2 rings (SSSR count). The SMILES string of the molecule is OC(CCC1CC1)c1csc(I)c1. The molecule has 1 aromatic heterocycles. The Bertz CT molecular complexity index is 280. The average Bonchev–Trinajstić information content (AvgIpc) is 2.84. The first-order valence-electron chi connectivity index (χ1n) is 4.67. The molecular formula is C10H13IOS. The molecule has 1 aromatic rings. The maximum absolute atomic E-state index is 9.81. The lowest BCUT2D eigenvalue weighted by molar-refractivity contribution is 0.163. The molecule has 1 N–H and O–H groups in total. The van der Waals surface area contributed by atoms with Crippen molar-refractivity contribution >= 4 is 33.9 Å². The van der Waals surface area contributed by atoms with Gasteiger partial charge in [-0.3, -0.25) is 0 Å². The highest BCUT2D eigenvalue weighted by molar-refractivity contribution is 14.1. The topological polar surface area (TPSA) is 20.2 Å². The normalized spacial score (nSPS) is 18.9. The van der Waals surface area contributed by atoms with Crippen LogP contribution in [0.1, 0.15) is 37.4 Å². The van der Waals surface area contributed by atoms with Gasteiger partial charge in [-0.05, 0) is 58.4 Å². The van der Waals surface area contributed by atoms with Gasteiger partial charge in [0.1, 0.15) is 0 Å². The molecule has 1 saturated carbocycles. The third kappa shape index (κ3) is 2.92. The fourth-order valence-corrected chi connectivity index (χ4v) is 2.88. The first kappa shape index (κ1) is 9.93. The zero-order valence-electron chi connectivity index (χ0n) is 7.37. The molecule has 3 heteroatoms. The predicted molar refractivity (Wildman–Crippen MR) is 64.0 cm³/mol. The molecule has 0 aromatic carbocycles. The summed E-state index contributed by atoms with van der Waals surface area (Å²) in [7, 11) is 0. The van der Waals surface area contributed by atoms with Gasteiger partial charge < -0.3 is 5.11 Å². The Hall–Kier alpha value is 0.390. The second kappa shape index (κ2) is 4.28. The number of hydrogen-bond donors (Lipinski definition) is 1. The van der Waals surface area contributed by atoms with E-state index in [4.69, 9.17) is 0 Å². The van der Waals surface area contributed by atoms with Crippen molar-refractivity contribution in [2.45, 2.75) is 31.8 Å². The third-order valence-electron chi connectivity index (χ3n) is 2.52. The van der Waals surface area contributed by atoms with Gasteiger partial charge in [-0.1, -0.05) is 12.8 Å². The van der Waals surface area contributed by atoms with Crippen molar-refractivity contribution in [1.82, 2.24) is 0 Å². The Morgan fingerprint density at radius 1 is 1.62 bits per heavy atom. The van der Waals surface area contributed by atoms with Crippen molar-refractivity contribution in [3.8, 4) is 0 Å². The van der Waals surface area contributed by atoms with Crippen molar-refractivity contribution in [3.63, 3.8) is 0 Å². The third-order valence-corrected chi connectivity index (χ3v) is 4.33. The van der Waals surface area contributed by atoms with Crippen LogP contribution in [0.25, 0.3) is 0 Å². The Kier molecular flexibility index (Phi) is 3.26. The monoisotopic (exact) mass is 308 g/mol. The van der Waals surface area contributed by atoms with Crippen LogP contribution in [0.15, 0.2) is 11.4 Å². The van der Waals surface area contributed by atoms with E-state index in [2.05, 4.69) is 34.0 Å². The van der Waals surface area contributed by atoms with E-state index in [1.165, 1.54) is 22.1 Å². The van der Waals surface area contributed by atoms with Gasteiger partial charge in [0.25, 0.3) is 0 Å². The summed E-state index contributed by atoms with van der Waals surface area (Å²) in [6, 6.07) is 2.09. The van der Waals surface area contributed by atoms with Crippen LogP contribution in [0, 0.1) is 8.80 Å². The smallest absolute Gasteiger partial charge is 0.0798 e. The van der Waals surface area contributed by atoms with E-state index in [1.54, 1.807) is 11.3 Å². The molecule has 0 amide bonds. The molecule has 1 heterocycles. The van der Waals surface area contributed by atoms with E-state index in [0.717, 1.165) is 17.9 Å². The summed E-state index contributed by atoms with van der Waals surface area (Å²) >= 11 is 4.00. The Morgan fingerprint density at radius 3 is 2.92 bits per heavy atom. The molecule has 0 aliphatic heterocycles. The van der Waals surface area contributed by atoms with Crippen LogP contribution in [0.3, 0.4) is 0 Å². The molecule has 0 spiro atoms. The molecule has 1 unspecified atom stereocenters. The van der Waals surface area contributed by atoms with Crippen LogP contribution >= 0.6 is 33.9 Å². The fourth-order valence-electron chi connectivity index (χ4n) is 1.46. The molecule has 1 aliphatic rings. The Morgan fingerprint density at radius 2 is 2.38 bits per heavy atom. The van der Waals surface area contributed by atoms with Crippen LogP contribution in [0.4, 0.5) is 0 Å². The molecule has 1 fully saturated rings. The lowest BCUT2D eigenvalue weighted by atomic mass is 10.1. The quantitative estimate of drug-likeness (QED) is 0.843. The van der Waals surface area contributed by atoms with Crippen LogP contribution in [-0.2, 0) is 0 Å². The average molecular weight is 308 g/mol. The molecule has 1 atom stereocenters. The maximum Gasteiger partial charge on any atom is 0.0798 e. The van der Waals surface area contributed by atoms with Crippen LogP contribution in [0.2, 0.25) is 0 Å². The second-order valence-corrected chi connectivity index (χ2v) is 6.53. The highest BCUT2D eigenvalue weighted by Gasteiger charge is 2.22. The maximum atomic E-state index is 9.81. The molecular weight excluding hydrogens is 295 g/mol. The Labute approximate surface area is 96.3 Å². The standard InChI is InChI=1S/C10H13IOS/c11-10-5-8(6-13-10)9(12)4-3-7-1-2-7/h5-7,9,12H,1-4H2. The zero-order chi connectivity index (χ0) is 9.26. The van der Waals surface area contributed by atoms with Crippen molar-refractivity contribution < 1.29 is 5.11 Å². The summed E-state index contributed by atoms with van der Waals surface area (Å²) in [4.78, 5) is 0. The minimum Gasteiger partial charge on any atom is -0.388 e. The number of rotatable bonds is 4. The first-order chi connectivity index (χ1) is 6.25. The number of aliphatic hydroxyl groups excluding tert-OH is 1. The number of thiophene rings is 1. The van der Waals surface area contributed by atoms with Crippen LogP contribution in [0.5, 0.6) is 0 Å². The summed E-state index contributed by atoms with van der Waals surface area (Å²) in [5.41, 5.74) is 1.11. The van der Waals surface area contributed by atoms with Crippen LogP contribution < -0.4 is 0 Å². The summed E-state index contributed by atoms with van der Waals surface area (Å²) in [6.45, 7) is 0. The summed E-state index contributed by atoms with van der Waals surface area (Å²) in [6.07, 6.45) is 4.69. The number of halogens is 1. The van der Waals surface area contributed by atoms with Crippen molar-refractivity contribution in [1.29, 1.82) is 0 Å². The van der Waals surface area contributed by atoms with Crippen LogP contribution in [-0.4, -0.2) is 5.11 Å². The zero-order valence-corrected chi connectivity index (χ0v) is 10.3. The highest BCUT2D eigenvalue weighted by atomic mass is 127. The van der Waals surface area contributed by atoms with E-state index in [-0.39, 0.29) is 6.10 Å². The highest BCUT2D eigenvalue weighted by Crippen LogP contribution is 2.36. The minimum absolute atomic E-state index is 0.222. The van der Waals surface area contributed by atoms with Crippen molar-refractivity contribution in [2.24, 2.45) is 5.92 Å². The van der Waals surface area contributed by atoms with Crippen molar-refractivity contribution in [2.75, 3.05) is 0 Å². The summed E-state index contributed by atoms with van der Waals surface area (Å²) in [5, 5.41) is 11.9. The van der Waals surface area contributed by atoms with Gasteiger partial charge in [-0.15, -0.1) is 11.3 Å². The first-order valence-corrected chi connectivity index (χ1v) is 6.63. The van der Waals surface area contributed by atoms with E-state index in [9.17, 15) is 5.11 Å². The lowest BCUT2D eigenvalue weighted by Gasteiger charge is -2.07. The fraction of sp³-hybridized carbons (Fsp3) is 0.600. The van der Waals surface area contributed by atoms with E-state index in [1.807, 2.05) is 0 Å². The van der Waals surface area contributed by atoms with Gasteiger partial charge in [0.2, 0.25) is 0 Å². The molecule has 0 bridgehead atoms. The predicted octanol–water partition coefficient (Wildman–Crippen LogP) is 3.58. The minimum atomic E-state index is -0.222. The van der Waals surface area contributed by atoms with Gasteiger partial charge in [0.05, 0.1) is 8.99 Å². The van der Waals surface area contributed by atoms with Crippen molar-refractivity contribution in [3.05, 3.63) is 19.9 Å². The van der Waals surface area contributed by atoms with Gasteiger partial charge in [0, 0.05) is 0 Å². The van der Waals surface area contributed by atoms with Gasteiger partial charge in [0.15, 0.2) is 0 Å². The van der Waals surface area contributed by atoms with E-state index in [0.29, 0.717) is 0 Å². The molecule has 13 heavy (non-hydrogen) atoms. The lowest BCUT2D eigenvalue weighted by Crippen LogP contribution is -1.95. The Balaban J connectivity index is 1.84. The largest absolute Gasteiger partial charge is 0.388 e. The van der Waals surface area contributed by atoms with E-state index >= 15 is 0 Å². The number of aliphatic hydroxyl groups is 1. The van der Waals surface area contributed by atoms with Gasteiger partial charge in [-0.25, -0.2) is 0 Å². The van der Waals surface area contributed by atoms with Gasteiger partial charge >= 0.3 is 0 Å².